The van der Waals surface area contributed by atoms with Gasteiger partial charge in [-0.1, -0.05) is 17.7 Å². The van der Waals surface area contributed by atoms with Gasteiger partial charge in [0, 0.05) is 16.0 Å². The number of ketones is 1. The van der Waals surface area contributed by atoms with E-state index in [2.05, 4.69) is 4.98 Å². The number of benzene rings is 2. The summed E-state index contributed by atoms with van der Waals surface area (Å²) in [4.78, 5) is 41.2. The zero-order chi connectivity index (χ0) is 19.0. The van der Waals surface area contributed by atoms with Crippen LogP contribution >= 0.6 is 11.6 Å². The highest BCUT2D eigenvalue weighted by Crippen LogP contribution is 2.21. The van der Waals surface area contributed by atoms with Crippen molar-refractivity contribution in [1.82, 2.24) is 4.98 Å². The van der Waals surface area contributed by atoms with Gasteiger partial charge in [0.2, 0.25) is 5.43 Å². The number of aromatic nitrogens is 1. The lowest BCUT2D eigenvalue weighted by molar-refractivity contribution is 0.0591. The van der Waals surface area contributed by atoms with Crippen molar-refractivity contribution in [2.45, 2.75) is 13.8 Å². The van der Waals surface area contributed by atoms with Crippen LogP contribution in [0.25, 0.3) is 10.9 Å². The Bertz CT molecular complexity index is 1100. The van der Waals surface area contributed by atoms with E-state index >= 15 is 0 Å². The van der Waals surface area contributed by atoms with Crippen molar-refractivity contribution in [2.75, 3.05) is 7.11 Å². The summed E-state index contributed by atoms with van der Waals surface area (Å²) < 4.78 is 4.77. The highest BCUT2D eigenvalue weighted by Gasteiger charge is 2.25. The van der Waals surface area contributed by atoms with Crippen molar-refractivity contribution in [1.29, 1.82) is 0 Å². The lowest BCUT2D eigenvalue weighted by Crippen LogP contribution is -2.24. The number of nitrogens with one attached hydrogen (secondary N) is 1. The lowest BCUT2D eigenvalue weighted by atomic mass is 9.97. The van der Waals surface area contributed by atoms with E-state index in [0.717, 1.165) is 11.1 Å². The van der Waals surface area contributed by atoms with E-state index in [1.165, 1.54) is 19.2 Å². The number of carbonyl (C=O) groups is 2. The van der Waals surface area contributed by atoms with Gasteiger partial charge in [-0.15, -0.1) is 0 Å². The average Bonchev–Trinajstić information content (AvgIpc) is 2.61. The van der Waals surface area contributed by atoms with Crippen LogP contribution < -0.4 is 5.43 Å². The number of fused-ring (bicyclic) bond motifs is 1. The molecular formula is C20H16ClNO4. The molecule has 132 valence electrons. The molecule has 3 aromatic rings. The topological polar surface area (TPSA) is 76.2 Å². The molecule has 0 amide bonds. The number of H-pyrrole nitrogens is 1. The largest absolute Gasteiger partial charge is 0.464 e. The molecule has 1 heterocycles. The van der Waals surface area contributed by atoms with Crippen LogP contribution in [-0.2, 0) is 4.74 Å². The summed E-state index contributed by atoms with van der Waals surface area (Å²) >= 11 is 5.86. The summed E-state index contributed by atoms with van der Waals surface area (Å²) in [7, 11) is 1.20. The molecule has 0 aliphatic carbocycles. The minimum Gasteiger partial charge on any atom is -0.464 e. The third-order valence-electron chi connectivity index (χ3n) is 4.17. The van der Waals surface area contributed by atoms with Crippen molar-refractivity contribution in [3.63, 3.8) is 0 Å². The van der Waals surface area contributed by atoms with Crippen molar-refractivity contribution < 1.29 is 14.3 Å². The molecule has 3 rings (SSSR count). The van der Waals surface area contributed by atoms with E-state index < -0.39 is 17.2 Å². The van der Waals surface area contributed by atoms with Gasteiger partial charge in [0.15, 0.2) is 5.78 Å². The molecule has 0 aliphatic heterocycles. The fraction of sp³-hybridized carbons (Fsp3) is 0.150. The summed E-state index contributed by atoms with van der Waals surface area (Å²) in [6.07, 6.45) is 0. The molecule has 6 heteroatoms. The molecule has 0 saturated carbocycles. The minimum absolute atomic E-state index is 0.156. The van der Waals surface area contributed by atoms with Crippen molar-refractivity contribution in [3.8, 4) is 0 Å². The number of aryl methyl sites for hydroxylation is 2. The van der Waals surface area contributed by atoms with Gasteiger partial charge < -0.3 is 9.72 Å². The van der Waals surface area contributed by atoms with Gasteiger partial charge in [-0.2, -0.15) is 0 Å². The van der Waals surface area contributed by atoms with Gasteiger partial charge >= 0.3 is 5.97 Å². The maximum Gasteiger partial charge on any atom is 0.355 e. The summed E-state index contributed by atoms with van der Waals surface area (Å²) in [5, 5.41) is 0.820. The van der Waals surface area contributed by atoms with Crippen LogP contribution in [0.5, 0.6) is 0 Å². The number of rotatable bonds is 3. The maximum atomic E-state index is 13.1. The normalized spacial score (nSPS) is 10.8. The lowest BCUT2D eigenvalue weighted by Gasteiger charge is -2.11. The van der Waals surface area contributed by atoms with Crippen LogP contribution in [0.2, 0.25) is 5.02 Å². The SMILES string of the molecule is COC(=O)c1[nH]c2c(C)cc(C)cc2c(=O)c1C(=O)c1ccc(Cl)cc1. The van der Waals surface area contributed by atoms with Crippen LogP contribution in [0.3, 0.4) is 0 Å². The van der Waals surface area contributed by atoms with E-state index in [9.17, 15) is 14.4 Å². The van der Waals surface area contributed by atoms with Gasteiger partial charge in [-0.3, -0.25) is 9.59 Å². The predicted molar refractivity (Wildman–Crippen MR) is 100 cm³/mol. The van der Waals surface area contributed by atoms with Crippen LogP contribution in [0.4, 0.5) is 0 Å². The third-order valence-corrected chi connectivity index (χ3v) is 4.43. The highest BCUT2D eigenvalue weighted by atomic mass is 35.5. The fourth-order valence-electron chi connectivity index (χ4n) is 2.97. The number of pyridine rings is 1. The number of hydrogen-bond donors (Lipinski definition) is 1. The Morgan fingerprint density at radius 1 is 1.08 bits per heavy atom. The highest BCUT2D eigenvalue weighted by molar-refractivity contribution is 6.30. The Labute approximate surface area is 154 Å². The number of aromatic amines is 1. The molecule has 0 spiro atoms. The smallest absolute Gasteiger partial charge is 0.355 e. The molecular weight excluding hydrogens is 354 g/mol. The molecule has 5 nitrogen and oxygen atoms in total. The van der Waals surface area contributed by atoms with Gasteiger partial charge in [0.1, 0.15) is 11.3 Å². The van der Waals surface area contributed by atoms with Crippen molar-refractivity contribution in [3.05, 3.63) is 79.6 Å². The second kappa shape index (κ2) is 6.77. The number of hydrogen-bond acceptors (Lipinski definition) is 4. The Hall–Kier alpha value is -2.92. The molecule has 0 bridgehead atoms. The standard InChI is InChI=1S/C20H16ClNO4/c1-10-8-11(2)16-14(9-10)19(24)15(17(22-16)20(25)26-3)18(23)12-4-6-13(21)7-5-12/h4-9H,1-3H3,(H,22,24). The summed E-state index contributed by atoms with van der Waals surface area (Å²) in [5.41, 5.74) is 1.55. The molecule has 2 aromatic carbocycles. The van der Waals surface area contributed by atoms with Gasteiger partial charge in [-0.25, -0.2) is 4.79 Å². The van der Waals surface area contributed by atoms with Gasteiger partial charge in [-0.05, 0) is 55.3 Å². The first-order valence-corrected chi connectivity index (χ1v) is 8.27. The summed E-state index contributed by atoms with van der Waals surface area (Å²) in [6.45, 7) is 3.69. The Morgan fingerprint density at radius 2 is 1.73 bits per heavy atom. The molecule has 0 radical (unpaired) electrons. The zero-order valence-electron chi connectivity index (χ0n) is 14.5. The molecule has 0 saturated heterocycles. The molecule has 0 aliphatic rings. The summed E-state index contributed by atoms with van der Waals surface area (Å²) in [6, 6.07) is 9.71. The van der Waals surface area contributed by atoms with Crippen LogP contribution in [0, 0.1) is 13.8 Å². The number of halogens is 1. The monoisotopic (exact) mass is 369 g/mol. The van der Waals surface area contributed by atoms with Crippen LogP contribution in [0.15, 0.2) is 41.2 Å². The molecule has 0 unspecified atom stereocenters. The van der Waals surface area contributed by atoms with Crippen molar-refractivity contribution in [2.24, 2.45) is 0 Å². The third kappa shape index (κ3) is 3.02. The predicted octanol–water partition coefficient (Wildman–Crippen LogP) is 3.82. The van der Waals surface area contributed by atoms with E-state index in [1.807, 2.05) is 19.9 Å². The average molecular weight is 370 g/mol. The number of carbonyl (C=O) groups excluding carboxylic acids is 2. The molecule has 1 aromatic heterocycles. The first kappa shape index (κ1) is 17.9. The maximum absolute atomic E-state index is 13.1. The minimum atomic E-state index is -0.777. The number of ether oxygens (including phenoxy) is 1. The molecule has 0 atom stereocenters. The van der Waals surface area contributed by atoms with Gasteiger partial charge in [0.05, 0.1) is 12.6 Å². The van der Waals surface area contributed by atoms with E-state index in [4.69, 9.17) is 16.3 Å². The van der Waals surface area contributed by atoms with Gasteiger partial charge in [0.25, 0.3) is 0 Å². The second-order valence-corrected chi connectivity index (χ2v) is 6.47. The molecule has 1 N–H and O–H groups in total. The second-order valence-electron chi connectivity index (χ2n) is 6.04. The zero-order valence-corrected chi connectivity index (χ0v) is 15.2. The number of methoxy groups -OCH3 is 1. The van der Waals surface area contributed by atoms with Crippen LogP contribution in [-0.4, -0.2) is 23.8 Å². The Balaban J connectivity index is 2.37. The van der Waals surface area contributed by atoms with E-state index in [1.54, 1.807) is 18.2 Å². The summed E-state index contributed by atoms with van der Waals surface area (Å²) in [5.74, 6) is -1.34. The quantitative estimate of drug-likeness (QED) is 0.562. The molecule has 0 fully saturated rings. The fourth-order valence-corrected chi connectivity index (χ4v) is 3.09. The Morgan fingerprint density at radius 3 is 2.35 bits per heavy atom. The molecule has 26 heavy (non-hydrogen) atoms. The number of esters is 1. The first-order chi connectivity index (χ1) is 12.3. The Kier molecular flexibility index (Phi) is 4.66. The van der Waals surface area contributed by atoms with E-state index in [-0.39, 0.29) is 16.8 Å². The van der Waals surface area contributed by atoms with E-state index in [0.29, 0.717) is 15.9 Å². The van der Waals surface area contributed by atoms with Crippen molar-refractivity contribution >= 4 is 34.3 Å². The van der Waals surface area contributed by atoms with Crippen LogP contribution in [0.1, 0.15) is 37.5 Å². The first-order valence-electron chi connectivity index (χ1n) is 7.89.